The van der Waals surface area contributed by atoms with E-state index in [0.29, 0.717) is 64.4 Å². The number of benzene rings is 4. The van der Waals surface area contributed by atoms with Crippen LogP contribution in [-0.4, -0.2) is 126 Å². The Labute approximate surface area is 457 Å². The van der Waals surface area contributed by atoms with Gasteiger partial charge in [0.2, 0.25) is 11.8 Å². The van der Waals surface area contributed by atoms with E-state index in [0.717, 1.165) is 82.6 Å². The molecule has 19 heteroatoms. The summed E-state index contributed by atoms with van der Waals surface area (Å²) in [5.74, 6) is 0.267. The van der Waals surface area contributed by atoms with Crippen LogP contribution < -0.4 is 25.0 Å². The number of aryl methyl sites for hydroxylation is 1. The fourth-order valence-corrected chi connectivity index (χ4v) is 11.8. The number of nitrogens with one attached hydrogen (secondary N) is 3. The molecule has 4 N–H and O–H groups in total. The van der Waals surface area contributed by atoms with Crippen LogP contribution in [0.4, 0.5) is 10.2 Å². The lowest BCUT2D eigenvalue weighted by molar-refractivity contribution is -0.142. The molecule has 0 radical (unpaired) electrons. The topological polar surface area (TPSA) is 211 Å². The molecule has 1 aliphatic carbocycles. The molecule has 4 aromatic heterocycles. The van der Waals surface area contributed by atoms with Crippen molar-refractivity contribution < 1.29 is 33.3 Å². The van der Waals surface area contributed by atoms with E-state index in [9.17, 15) is 14.7 Å². The fourth-order valence-electron chi connectivity index (χ4n) is 11.8. The molecule has 2 amide bonds. The maximum atomic E-state index is 16.6. The number of ether oxygens (including phenoxy) is 3. The number of nitrogens with zero attached hydrogens (tertiary/aromatic N) is 9. The van der Waals surface area contributed by atoms with E-state index >= 15 is 4.39 Å². The number of pyridine rings is 1. The van der Waals surface area contributed by atoms with Crippen molar-refractivity contribution >= 4 is 39.4 Å². The number of anilines is 1. The van der Waals surface area contributed by atoms with Crippen LogP contribution in [0.25, 0.3) is 55.3 Å². The molecular weight excluding hydrogens is 1000 g/mol. The summed E-state index contributed by atoms with van der Waals surface area (Å²) in [4.78, 5) is 47.1. The van der Waals surface area contributed by atoms with Crippen molar-refractivity contribution in [2.45, 2.75) is 109 Å². The van der Waals surface area contributed by atoms with Crippen molar-refractivity contribution in [3.8, 4) is 45.3 Å². The molecule has 2 bridgehead atoms. The number of carbonyl (C=O) groups excluding carboxylic acids is 2. The van der Waals surface area contributed by atoms with Crippen molar-refractivity contribution in [3.05, 3.63) is 126 Å². The summed E-state index contributed by atoms with van der Waals surface area (Å²) in [7, 11) is 1.64. The van der Waals surface area contributed by atoms with Crippen molar-refractivity contribution in [2.24, 2.45) is 5.92 Å². The Bertz CT molecular complexity index is 3550. The van der Waals surface area contributed by atoms with Crippen LogP contribution in [0.5, 0.6) is 11.8 Å². The minimum absolute atomic E-state index is 0.118. The number of H-pyrrole nitrogens is 1. The number of piperazine rings is 1. The van der Waals surface area contributed by atoms with Gasteiger partial charge in [0.15, 0.2) is 5.75 Å². The zero-order valence-corrected chi connectivity index (χ0v) is 45.0. The highest BCUT2D eigenvalue weighted by Crippen LogP contribution is 2.53. The summed E-state index contributed by atoms with van der Waals surface area (Å²) in [6.07, 6.45) is 9.05. The quantitative estimate of drug-likeness (QED) is 0.0600. The Balaban J connectivity index is 0.808. The van der Waals surface area contributed by atoms with Crippen molar-refractivity contribution in [3.63, 3.8) is 0 Å². The number of aromatic amines is 1. The summed E-state index contributed by atoms with van der Waals surface area (Å²) in [5.41, 5.74) is 9.08. The van der Waals surface area contributed by atoms with Gasteiger partial charge in [0, 0.05) is 83.7 Å². The summed E-state index contributed by atoms with van der Waals surface area (Å²) < 4.78 is 37.1. The lowest BCUT2D eigenvalue weighted by atomic mass is 9.91. The van der Waals surface area contributed by atoms with Crippen LogP contribution in [0, 0.1) is 18.7 Å². The highest BCUT2D eigenvalue weighted by atomic mass is 19.1. The third kappa shape index (κ3) is 10.1. The number of rotatable bonds is 19. The van der Waals surface area contributed by atoms with Crippen LogP contribution in [0.15, 0.2) is 97.5 Å². The Hall–Kier alpha value is -7.87. The van der Waals surface area contributed by atoms with E-state index < -0.39 is 23.9 Å². The summed E-state index contributed by atoms with van der Waals surface area (Å²) in [6, 6.07) is 23.4. The van der Waals surface area contributed by atoms with Gasteiger partial charge in [-0.05, 0) is 104 Å². The van der Waals surface area contributed by atoms with E-state index in [1.54, 1.807) is 41.3 Å². The standard InChI is InChI=1S/C60H65FN12O6/c1-33(2)55(59(76)71-23-7-9-51(71)58(75)65-50(30-74)40-18-16-37(17-19-40)43-8-6-22-62-35(43)4)73-29-49(69-70-73)39-12-10-36(11-13-39)32-78-56-53(52-46-27-64-68-48(46)21-20-47(52)61)44(38-14-15-38)25-45-54(56)66-60(79-31-34(3)77-5)67-57(45)72-28-41-24-42(72)26-63-41/h6,8,10-13,16-22,25,27,29,33-34,38,41-42,50-51,55,63,74H,7,9,14-15,23-24,26,28,30-32H2,1-5H3,(H,64,68)(H,65,75)/t34-,41-,42-,50-,51-,55-/m0/s1. The van der Waals surface area contributed by atoms with Crippen molar-refractivity contribution in [2.75, 3.05) is 44.9 Å². The highest BCUT2D eigenvalue weighted by molar-refractivity contribution is 6.05. The Morgan fingerprint density at radius 1 is 0.949 bits per heavy atom. The lowest BCUT2D eigenvalue weighted by Gasteiger charge is -2.30. The van der Waals surface area contributed by atoms with Gasteiger partial charge in [0.1, 0.15) is 48.1 Å². The number of likely N-dealkylation sites (tertiary alicyclic amines) is 1. The third-order valence-electron chi connectivity index (χ3n) is 16.2. The van der Waals surface area contributed by atoms with Crippen molar-refractivity contribution in [1.29, 1.82) is 0 Å². The van der Waals surface area contributed by atoms with Gasteiger partial charge in [-0.2, -0.15) is 15.1 Å². The largest absolute Gasteiger partial charge is 0.486 e. The molecule has 3 aliphatic heterocycles. The Kier molecular flexibility index (Phi) is 14.3. The van der Waals surface area contributed by atoms with Gasteiger partial charge in [-0.15, -0.1) is 5.10 Å². The van der Waals surface area contributed by atoms with Crippen LogP contribution >= 0.6 is 0 Å². The molecule has 1 saturated carbocycles. The Morgan fingerprint density at radius 3 is 2.48 bits per heavy atom. The number of aliphatic hydroxyl groups excluding tert-OH is 1. The van der Waals surface area contributed by atoms with E-state index in [2.05, 4.69) is 47.1 Å². The first-order valence-electron chi connectivity index (χ1n) is 27.5. The molecule has 6 atom stereocenters. The van der Waals surface area contributed by atoms with E-state index in [1.807, 2.05) is 88.4 Å². The molecule has 4 aliphatic rings. The first kappa shape index (κ1) is 51.9. The number of hydrogen-bond donors (Lipinski definition) is 4. The zero-order chi connectivity index (χ0) is 54.5. The number of aliphatic hydroxyl groups is 1. The number of fused-ring (bicyclic) bond motifs is 4. The van der Waals surface area contributed by atoms with Gasteiger partial charge in [0.05, 0.1) is 36.7 Å². The van der Waals surface area contributed by atoms with E-state index in [4.69, 9.17) is 24.2 Å². The summed E-state index contributed by atoms with van der Waals surface area (Å²) in [5, 5.41) is 34.9. The maximum absolute atomic E-state index is 16.6. The average molecular weight is 1070 g/mol. The van der Waals surface area contributed by atoms with Crippen LogP contribution in [0.2, 0.25) is 0 Å². The van der Waals surface area contributed by atoms with Gasteiger partial charge in [0.25, 0.3) is 0 Å². The number of halogens is 1. The molecule has 8 aromatic rings. The molecule has 7 heterocycles. The Morgan fingerprint density at radius 2 is 1.76 bits per heavy atom. The second kappa shape index (κ2) is 21.8. The molecule has 18 nitrogen and oxygen atoms in total. The minimum Gasteiger partial charge on any atom is -0.486 e. The highest BCUT2D eigenvalue weighted by Gasteiger charge is 2.42. The SMILES string of the molecule is CO[C@@H](C)COc1nc(N2C[C@@H]3C[C@H]2CN3)c2cc(C3CC3)c(-c3c(F)ccc4[nH]ncc34)c(OCc3ccc(-c4cn([C@H](C(=O)N5CCC[C@H]5C(=O)N[C@@H](CO)c5ccc(-c6cccnc6C)cc5)C(C)C)nn4)cc3)c2n1. The molecule has 3 saturated heterocycles. The number of aromatic nitrogens is 8. The minimum atomic E-state index is -0.733. The first-order valence-corrected chi connectivity index (χ1v) is 27.5. The third-order valence-corrected chi connectivity index (χ3v) is 16.2. The number of carbonyl (C=O) groups is 2. The number of amides is 2. The molecule has 0 spiro atoms. The molecule has 408 valence electrons. The van der Waals surface area contributed by atoms with Gasteiger partial charge in [-0.25, -0.2) is 9.07 Å². The predicted octanol–water partition coefficient (Wildman–Crippen LogP) is 8.40. The monoisotopic (exact) mass is 1070 g/mol. The predicted molar refractivity (Wildman–Crippen MR) is 297 cm³/mol. The number of hydrogen-bond acceptors (Lipinski definition) is 14. The molecule has 4 fully saturated rings. The second-order valence-corrected chi connectivity index (χ2v) is 21.9. The number of methoxy groups -OCH3 is 1. The second-order valence-electron chi connectivity index (χ2n) is 21.9. The van der Waals surface area contributed by atoms with Crippen LogP contribution in [-0.2, 0) is 20.9 Å². The molecule has 4 aromatic carbocycles. The van der Waals surface area contributed by atoms with Crippen LogP contribution in [0.3, 0.4) is 0 Å². The fraction of sp³-hybridized carbons (Fsp3) is 0.400. The lowest BCUT2D eigenvalue weighted by Crippen LogP contribution is -2.50. The van der Waals surface area contributed by atoms with Crippen molar-refractivity contribution in [1.82, 2.24) is 55.7 Å². The van der Waals surface area contributed by atoms with Gasteiger partial charge >= 0.3 is 6.01 Å². The summed E-state index contributed by atoms with van der Waals surface area (Å²) >= 11 is 0. The zero-order valence-electron chi connectivity index (χ0n) is 45.0. The van der Waals surface area contributed by atoms with Crippen LogP contribution in [0.1, 0.15) is 93.3 Å². The molecule has 12 rings (SSSR count). The summed E-state index contributed by atoms with van der Waals surface area (Å²) in [6.45, 7) is 9.87. The average Bonchev–Trinajstić information content (AvgIpc) is 4.07. The smallest absolute Gasteiger partial charge is 0.319 e. The molecular formula is C60H65FN12O6. The van der Waals surface area contributed by atoms with E-state index in [1.165, 1.54) is 6.07 Å². The first-order chi connectivity index (χ1) is 38.4. The normalized spacial score (nSPS) is 19.2. The maximum Gasteiger partial charge on any atom is 0.319 e. The van der Waals surface area contributed by atoms with Gasteiger partial charge < -0.3 is 39.8 Å². The molecule has 0 unspecified atom stereocenters. The van der Waals surface area contributed by atoms with Gasteiger partial charge in [-0.3, -0.25) is 19.7 Å². The van der Waals surface area contributed by atoms with E-state index in [-0.39, 0.29) is 61.6 Å². The van der Waals surface area contributed by atoms with Gasteiger partial charge in [-0.1, -0.05) is 73.7 Å². The molecule has 79 heavy (non-hydrogen) atoms.